The van der Waals surface area contributed by atoms with Crippen molar-refractivity contribution in [3.05, 3.63) is 47.5 Å². The zero-order valence-electron chi connectivity index (χ0n) is 7.30. The van der Waals surface area contributed by atoms with Crippen LogP contribution in [0.25, 0.3) is 0 Å². The van der Waals surface area contributed by atoms with E-state index in [9.17, 15) is 0 Å². The summed E-state index contributed by atoms with van der Waals surface area (Å²) >= 11 is 0. The van der Waals surface area contributed by atoms with Gasteiger partial charge in [0.2, 0.25) is 0 Å². The smallest absolute Gasteiger partial charge is 0.0253 e. The monoisotopic (exact) mass is 159 g/mol. The summed E-state index contributed by atoms with van der Waals surface area (Å²) in [7, 11) is 0. The van der Waals surface area contributed by atoms with E-state index in [4.69, 9.17) is 5.41 Å². The van der Waals surface area contributed by atoms with Crippen LogP contribution in [0.4, 0.5) is 0 Å². The van der Waals surface area contributed by atoms with Gasteiger partial charge in [-0.2, -0.15) is 0 Å². The molecule has 0 atom stereocenters. The molecule has 0 saturated heterocycles. The Bertz CT molecular complexity index is 300. The van der Waals surface area contributed by atoms with Gasteiger partial charge in [-0.15, -0.1) is 6.58 Å². The van der Waals surface area contributed by atoms with Crippen molar-refractivity contribution >= 4 is 6.21 Å². The van der Waals surface area contributed by atoms with Crippen LogP contribution in [0.2, 0.25) is 0 Å². The first-order valence-corrected chi connectivity index (χ1v) is 3.99. The standard InChI is InChI=1S/C11H13N/c1-3-5-10-6-4-7-11(8-12)9(10)2/h3-4,6-8,12H,1,5H2,2H3. The van der Waals surface area contributed by atoms with Gasteiger partial charge in [0, 0.05) is 6.21 Å². The van der Waals surface area contributed by atoms with Crippen LogP contribution in [-0.4, -0.2) is 6.21 Å². The van der Waals surface area contributed by atoms with Crippen LogP contribution >= 0.6 is 0 Å². The highest BCUT2D eigenvalue weighted by molar-refractivity contribution is 5.79. The molecule has 0 bridgehead atoms. The number of hydrogen-bond donors (Lipinski definition) is 1. The van der Waals surface area contributed by atoms with Crippen LogP contribution < -0.4 is 0 Å². The minimum Gasteiger partial charge on any atom is -0.308 e. The summed E-state index contributed by atoms with van der Waals surface area (Å²) < 4.78 is 0. The first kappa shape index (κ1) is 8.72. The van der Waals surface area contributed by atoms with Crippen molar-refractivity contribution in [2.75, 3.05) is 0 Å². The van der Waals surface area contributed by atoms with Crippen molar-refractivity contribution in [2.24, 2.45) is 0 Å². The molecule has 0 spiro atoms. The third kappa shape index (κ3) is 1.62. The molecule has 0 radical (unpaired) electrons. The number of nitrogens with one attached hydrogen (secondary N) is 1. The molecule has 0 amide bonds. The van der Waals surface area contributed by atoms with E-state index in [1.807, 2.05) is 25.1 Å². The van der Waals surface area contributed by atoms with Crippen molar-refractivity contribution in [2.45, 2.75) is 13.3 Å². The maximum absolute atomic E-state index is 7.16. The highest BCUT2D eigenvalue weighted by Gasteiger charge is 1.98. The molecule has 0 heterocycles. The maximum Gasteiger partial charge on any atom is 0.0253 e. The molecule has 1 heteroatoms. The average molecular weight is 159 g/mol. The average Bonchev–Trinajstić information content (AvgIpc) is 2.09. The van der Waals surface area contributed by atoms with Gasteiger partial charge in [0.05, 0.1) is 0 Å². The highest BCUT2D eigenvalue weighted by atomic mass is 14.3. The zero-order chi connectivity index (χ0) is 8.97. The van der Waals surface area contributed by atoms with E-state index in [1.54, 1.807) is 0 Å². The predicted octanol–water partition coefficient (Wildman–Crippen LogP) is 2.72. The molecular formula is C11H13N. The van der Waals surface area contributed by atoms with E-state index in [1.165, 1.54) is 17.3 Å². The molecular weight excluding hydrogens is 146 g/mol. The largest absolute Gasteiger partial charge is 0.308 e. The van der Waals surface area contributed by atoms with Gasteiger partial charge in [0.25, 0.3) is 0 Å². The third-order valence-corrected chi connectivity index (χ3v) is 2.01. The van der Waals surface area contributed by atoms with Crippen LogP contribution in [0.15, 0.2) is 30.9 Å². The summed E-state index contributed by atoms with van der Waals surface area (Å²) in [6, 6.07) is 6.01. The Morgan fingerprint density at radius 3 is 2.83 bits per heavy atom. The second kappa shape index (κ2) is 3.86. The van der Waals surface area contributed by atoms with Gasteiger partial charge in [-0.25, -0.2) is 0 Å². The molecule has 0 aliphatic heterocycles. The molecule has 1 nitrogen and oxygen atoms in total. The van der Waals surface area contributed by atoms with Crippen molar-refractivity contribution < 1.29 is 0 Å². The van der Waals surface area contributed by atoms with E-state index in [0.29, 0.717) is 0 Å². The summed E-state index contributed by atoms with van der Waals surface area (Å²) in [5.74, 6) is 0. The van der Waals surface area contributed by atoms with E-state index in [2.05, 4.69) is 12.6 Å². The quantitative estimate of drug-likeness (QED) is 0.518. The lowest BCUT2D eigenvalue weighted by atomic mass is 10.0. The number of hydrogen-bond acceptors (Lipinski definition) is 1. The van der Waals surface area contributed by atoms with Gasteiger partial charge in [0.1, 0.15) is 0 Å². The first-order chi connectivity index (χ1) is 5.79. The SMILES string of the molecule is C=CCc1cccc(C=N)c1C. The van der Waals surface area contributed by atoms with Crippen LogP contribution in [0.5, 0.6) is 0 Å². The number of allylic oxidation sites excluding steroid dienone is 1. The Balaban J connectivity index is 3.12. The molecule has 0 aliphatic carbocycles. The minimum absolute atomic E-state index is 0.882. The Kier molecular flexibility index (Phi) is 2.81. The van der Waals surface area contributed by atoms with E-state index in [0.717, 1.165) is 12.0 Å². The zero-order valence-corrected chi connectivity index (χ0v) is 7.30. The van der Waals surface area contributed by atoms with Gasteiger partial charge in [-0.1, -0.05) is 24.3 Å². The topological polar surface area (TPSA) is 23.9 Å². The summed E-state index contributed by atoms with van der Waals surface area (Å²) in [6.45, 7) is 5.74. The van der Waals surface area contributed by atoms with E-state index < -0.39 is 0 Å². The van der Waals surface area contributed by atoms with Gasteiger partial charge in [-0.3, -0.25) is 0 Å². The second-order valence-electron chi connectivity index (χ2n) is 2.77. The molecule has 0 saturated carbocycles. The molecule has 1 N–H and O–H groups in total. The molecule has 0 fully saturated rings. The number of benzene rings is 1. The van der Waals surface area contributed by atoms with Crippen molar-refractivity contribution in [1.29, 1.82) is 5.41 Å². The molecule has 12 heavy (non-hydrogen) atoms. The summed E-state index contributed by atoms with van der Waals surface area (Å²) in [4.78, 5) is 0. The molecule has 0 aliphatic rings. The molecule has 1 aromatic carbocycles. The molecule has 1 rings (SSSR count). The van der Waals surface area contributed by atoms with Crippen LogP contribution in [-0.2, 0) is 6.42 Å². The fourth-order valence-corrected chi connectivity index (χ4v) is 1.24. The van der Waals surface area contributed by atoms with Gasteiger partial charge < -0.3 is 5.41 Å². The molecule has 1 aromatic rings. The Morgan fingerprint density at radius 1 is 1.50 bits per heavy atom. The Hall–Kier alpha value is -1.37. The first-order valence-electron chi connectivity index (χ1n) is 3.99. The van der Waals surface area contributed by atoms with Crippen molar-refractivity contribution in [1.82, 2.24) is 0 Å². The number of rotatable bonds is 3. The van der Waals surface area contributed by atoms with Crippen LogP contribution in [0, 0.1) is 12.3 Å². The Morgan fingerprint density at radius 2 is 2.25 bits per heavy atom. The summed E-state index contributed by atoms with van der Waals surface area (Å²) in [5.41, 5.74) is 3.44. The van der Waals surface area contributed by atoms with Crippen molar-refractivity contribution in [3.63, 3.8) is 0 Å². The van der Waals surface area contributed by atoms with Gasteiger partial charge >= 0.3 is 0 Å². The fraction of sp³-hybridized carbons (Fsp3) is 0.182. The second-order valence-corrected chi connectivity index (χ2v) is 2.77. The van der Waals surface area contributed by atoms with Crippen LogP contribution in [0.1, 0.15) is 16.7 Å². The highest BCUT2D eigenvalue weighted by Crippen LogP contribution is 2.12. The van der Waals surface area contributed by atoms with Gasteiger partial charge in [-0.05, 0) is 30.0 Å². The van der Waals surface area contributed by atoms with E-state index >= 15 is 0 Å². The van der Waals surface area contributed by atoms with Gasteiger partial charge in [0.15, 0.2) is 0 Å². The Labute approximate surface area is 73.3 Å². The maximum atomic E-state index is 7.16. The van der Waals surface area contributed by atoms with E-state index in [-0.39, 0.29) is 0 Å². The lowest BCUT2D eigenvalue weighted by molar-refractivity contribution is 1.21. The van der Waals surface area contributed by atoms with Crippen LogP contribution in [0.3, 0.4) is 0 Å². The molecule has 62 valence electrons. The lowest BCUT2D eigenvalue weighted by Crippen LogP contribution is -1.92. The summed E-state index contributed by atoms with van der Waals surface area (Å²) in [6.07, 6.45) is 4.16. The lowest BCUT2D eigenvalue weighted by Gasteiger charge is -2.04. The molecule has 0 aromatic heterocycles. The predicted molar refractivity (Wildman–Crippen MR) is 53.0 cm³/mol. The van der Waals surface area contributed by atoms with Crippen molar-refractivity contribution in [3.8, 4) is 0 Å². The fourth-order valence-electron chi connectivity index (χ4n) is 1.24. The molecule has 0 unspecified atom stereocenters. The normalized spacial score (nSPS) is 9.42. The summed E-state index contributed by atoms with van der Waals surface area (Å²) in [5, 5.41) is 7.16. The third-order valence-electron chi connectivity index (χ3n) is 2.01. The minimum atomic E-state index is 0.882.